The first kappa shape index (κ1) is 15.6. The van der Waals surface area contributed by atoms with Gasteiger partial charge in [-0.2, -0.15) is 5.10 Å². The smallest absolute Gasteiger partial charge is 0.209 e. The molecule has 23 heavy (non-hydrogen) atoms. The molecule has 1 aromatic heterocycles. The topological polar surface area (TPSA) is 79.3 Å². The van der Waals surface area contributed by atoms with Gasteiger partial charge in [-0.3, -0.25) is 9.58 Å². The summed E-state index contributed by atoms with van der Waals surface area (Å²) in [5.41, 5.74) is 2.01. The summed E-state index contributed by atoms with van der Waals surface area (Å²) in [4.78, 5) is 2.55. The fraction of sp³-hybridized carbons (Fsp3) is 0.800. The number of nitrogens with one attached hydrogen (secondary N) is 2. The van der Waals surface area contributed by atoms with Crippen molar-refractivity contribution < 1.29 is 8.42 Å². The minimum Gasteiger partial charge on any atom is -0.316 e. The molecule has 3 heterocycles. The minimum atomic E-state index is -3.17. The Morgan fingerprint density at radius 1 is 1.35 bits per heavy atom. The van der Waals surface area contributed by atoms with Gasteiger partial charge in [0.1, 0.15) is 0 Å². The van der Waals surface area contributed by atoms with Gasteiger partial charge < -0.3 is 5.32 Å². The predicted octanol–water partition coefficient (Wildman–Crippen LogP) is -0.397. The molecular weight excluding hydrogens is 314 g/mol. The number of fused-ring (bicyclic) bond motifs is 2. The molecule has 0 bridgehead atoms. The lowest BCUT2D eigenvalue weighted by Gasteiger charge is -2.20. The maximum atomic E-state index is 11.2. The zero-order valence-electron chi connectivity index (χ0n) is 13.5. The zero-order chi connectivity index (χ0) is 16.0. The minimum absolute atomic E-state index is 0.275. The van der Waals surface area contributed by atoms with Crippen molar-refractivity contribution in [3.63, 3.8) is 0 Å². The van der Waals surface area contributed by atoms with E-state index in [1.165, 1.54) is 31.6 Å². The van der Waals surface area contributed by atoms with E-state index in [2.05, 4.69) is 24.7 Å². The molecule has 1 unspecified atom stereocenters. The van der Waals surface area contributed by atoms with Gasteiger partial charge in [-0.1, -0.05) is 0 Å². The number of hydrogen-bond donors (Lipinski definition) is 2. The van der Waals surface area contributed by atoms with E-state index in [1.54, 1.807) is 0 Å². The van der Waals surface area contributed by atoms with E-state index in [4.69, 9.17) is 0 Å². The molecule has 7 nitrogen and oxygen atoms in total. The van der Waals surface area contributed by atoms with Gasteiger partial charge in [0.25, 0.3) is 0 Å². The Kier molecular flexibility index (Phi) is 3.95. The van der Waals surface area contributed by atoms with Crippen molar-refractivity contribution in [3.8, 4) is 0 Å². The molecule has 0 amide bonds. The van der Waals surface area contributed by atoms with Crippen molar-refractivity contribution in [1.82, 2.24) is 24.7 Å². The monoisotopic (exact) mass is 339 g/mol. The molecule has 128 valence electrons. The summed E-state index contributed by atoms with van der Waals surface area (Å²) < 4.78 is 27.0. The molecule has 1 aromatic rings. The quantitative estimate of drug-likeness (QED) is 0.763. The molecule has 1 saturated heterocycles. The van der Waals surface area contributed by atoms with Crippen molar-refractivity contribution in [2.75, 3.05) is 32.4 Å². The molecule has 0 spiro atoms. The maximum Gasteiger partial charge on any atom is 0.209 e. The lowest BCUT2D eigenvalue weighted by Crippen LogP contribution is -2.28. The van der Waals surface area contributed by atoms with Crippen LogP contribution in [0.2, 0.25) is 0 Å². The SMILES string of the molecule is CS(=O)(=O)NCc1cc2n(n1)CCCN(CC1[C@H]3CNC[C@@H]13)C2. The van der Waals surface area contributed by atoms with Gasteiger partial charge in [0.05, 0.1) is 24.2 Å². The van der Waals surface area contributed by atoms with Crippen LogP contribution in [0.4, 0.5) is 0 Å². The summed E-state index contributed by atoms with van der Waals surface area (Å²) in [6.45, 7) is 6.84. The Morgan fingerprint density at radius 2 is 2.13 bits per heavy atom. The highest BCUT2D eigenvalue weighted by Gasteiger charge is 2.52. The van der Waals surface area contributed by atoms with E-state index in [0.29, 0.717) is 0 Å². The molecule has 1 saturated carbocycles. The van der Waals surface area contributed by atoms with Crippen LogP contribution in [-0.4, -0.2) is 55.5 Å². The van der Waals surface area contributed by atoms with Crippen LogP contribution in [-0.2, 0) is 29.7 Å². The molecule has 1 aliphatic carbocycles. The largest absolute Gasteiger partial charge is 0.316 e. The molecule has 2 fully saturated rings. The third kappa shape index (κ3) is 3.45. The third-order valence-electron chi connectivity index (χ3n) is 5.40. The molecule has 3 aliphatic rings. The second kappa shape index (κ2) is 5.84. The van der Waals surface area contributed by atoms with Gasteiger partial charge in [-0.25, -0.2) is 13.1 Å². The Morgan fingerprint density at radius 3 is 2.87 bits per heavy atom. The lowest BCUT2D eigenvalue weighted by atomic mass is 10.2. The van der Waals surface area contributed by atoms with Gasteiger partial charge >= 0.3 is 0 Å². The number of nitrogens with zero attached hydrogens (tertiary/aromatic N) is 3. The first-order valence-electron chi connectivity index (χ1n) is 8.43. The molecule has 3 atom stereocenters. The van der Waals surface area contributed by atoms with Crippen LogP contribution < -0.4 is 10.0 Å². The molecular formula is C15H25N5O2S. The summed E-state index contributed by atoms with van der Waals surface area (Å²) in [6.07, 6.45) is 2.28. The zero-order valence-corrected chi connectivity index (χ0v) is 14.3. The van der Waals surface area contributed by atoms with E-state index in [-0.39, 0.29) is 6.54 Å². The van der Waals surface area contributed by atoms with Crippen LogP contribution in [0.3, 0.4) is 0 Å². The Bertz CT molecular complexity index is 676. The highest BCUT2D eigenvalue weighted by Crippen LogP contribution is 2.49. The van der Waals surface area contributed by atoms with Crippen LogP contribution in [0.1, 0.15) is 17.8 Å². The van der Waals surface area contributed by atoms with Crippen LogP contribution >= 0.6 is 0 Å². The fourth-order valence-corrected chi connectivity index (χ4v) is 4.56. The summed E-state index contributed by atoms with van der Waals surface area (Å²) >= 11 is 0. The predicted molar refractivity (Wildman–Crippen MR) is 87.1 cm³/mol. The number of sulfonamides is 1. The molecule has 2 aliphatic heterocycles. The summed E-state index contributed by atoms with van der Waals surface area (Å²) in [7, 11) is -3.17. The fourth-order valence-electron chi connectivity index (χ4n) is 4.15. The second-order valence-electron chi connectivity index (χ2n) is 7.18. The average Bonchev–Trinajstić information content (AvgIpc) is 2.85. The maximum absolute atomic E-state index is 11.2. The van der Waals surface area contributed by atoms with E-state index >= 15 is 0 Å². The van der Waals surface area contributed by atoms with Gasteiger partial charge in [-0.05, 0) is 43.3 Å². The van der Waals surface area contributed by atoms with Gasteiger partial charge in [0.2, 0.25) is 10.0 Å². The van der Waals surface area contributed by atoms with Crippen molar-refractivity contribution >= 4 is 10.0 Å². The van der Waals surface area contributed by atoms with E-state index < -0.39 is 10.0 Å². The van der Waals surface area contributed by atoms with Crippen LogP contribution in [0.5, 0.6) is 0 Å². The van der Waals surface area contributed by atoms with Crippen molar-refractivity contribution in [1.29, 1.82) is 0 Å². The van der Waals surface area contributed by atoms with Gasteiger partial charge in [0.15, 0.2) is 0 Å². The van der Waals surface area contributed by atoms with E-state index in [0.717, 1.165) is 49.5 Å². The normalized spacial score (nSPS) is 30.7. The Balaban J connectivity index is 1.39. The van der Waals surface area contributed by atoms with Gasteiger partial charge in [-0.15, -0.1) is 0 Å². The van der Waals surface area contributed by atoms with Gasteiger partial charge in [0, 0.05) is 26.2 Å². The first-order valence-corrected chi connectivity index (χ1v) is 10.3. The van der Waals surface area contributed by atoms with Crippen molar-refractivity contribution in [3.05, 3.63) is 17.5 Å². The summed E-state index contributed by atoms with van der Waals surface area (Å²) in [5.74, 6) is 2.67. The summed E-state index contributed by atoms with van der Waals surface area (Å²) in [5, 5.41) is 8.01. The van der Waals surface area contributed by atoms with Crippen molar-refractivity contribution in [2.24, 2.45) is 17.8 Å². The lowest BCUT2D eigenvalue weighted by molar-refractivity contribution is 0.246. The number of hydrogen-bond acceptors (Lipinski definition) is 5. The summed E-state index contributed by atoms with van der Waals surface area (Å²) in [6, 6.07) is 2.05. The molecule has 2 N–H and O–H groups in total. The number of piperidine rings is 1. The van der Waals surface area contributed by atoms with Crippen LogP contribution in [0, 0.1) is 17.8 Å². The highest BCUT2D eigenvalue weighted by molar-refractivity contribution is 7.88. The van der Waals surface area contributed by atoms with E-state index in [9.17, 15) is 8.42 Å². The molecule has 0 aromatic carbocycles. The third-order valence-corrected chi connectivity index (χ3v) is 6.07. The van der Waals surface area contributed by atoms with Crippen LogP contribution in [0.15, 0.2) is 6.07 Å². The molecule has 4 rings (SSSR count). The number of aromatic nitrogens is 2. The molecule has 0 radical (unpaired) electrons. The second-order valence-corrected chi connectivity index (χ2v) is 9.01. The average molecular weight is 339 g/mol. The van der Waals surface area contributed by atoms with Crippen molar-refractivity contribution in [2.45, 2.75) is 26.1 Å². The first-order chi connectivity index (χ1) is 11.0. The molecule has 8 heteroatoms. The Hall–Kier alpha value is -0.960. The highest BCUT2D eigenvalue weighted by atomic mass is 32.2. The number of aryl methyl sites for hydroxylation is 1. The number of rotatable bonds is 5. The van der Waals surface area contributed by atoms with E-state index in [1.807, 2.05) is 6.07 Å². The Labute approximate surface area is 137 Å². The standard InChI is InChI=1S/C15H25N5O2S/c1-23(21,22)17-6-11-5-12-9-19(3-2-4-20(12)18-11)10-15-13-7-16-8-14(13)15/h5,13-17H,2-4,6-10H2,1H3/t13-,14+,15?. The van der Waals surface area contributed by atoms with Crippen LogP contribution in [0.25, 0.3) is 0 Å².